The van der Waals surface area contributed by atoms with Gasteiger partial charge in [-0.05, 0) is 6.04 Å². The highest BCUT2D eigenvalue weighted by Crippen LogP contribution is 2.17. The summed E-state index contributed by atoms with van der Waals surface area (Å²) < 4.78 is 4.84. The molecule has 0 aromatic carbocycles. The van der Waals surface area contributed by atoms with Crippen molar-refractivity contribution in [2.75, 3.05) is 6.61 Å². The van der Waals surface area contributed by atoms with Gasteiger partial charge in [-0.2, -0.15) is 0 Å². The van der Waals surface area contributed by atoms with E-state index in [-0.39, 0.29) is 5.97 Å². The minimum absolute atomic E-state index is 0.103. The Morgan fingerprint density at radius 2 is 2.17 bits per heavy atom. The topological polar surface area (TPSA) is 26.3 Å². The van der Waals surface area contributed by atoms with E-state index in [2.05, 4.69) is 25.7 Å². The second-order valence-electron chi connectivity index (χ2n) is 4.38. The molecule has 1 heterocycles. The van der Waals surface area contributed by atoms with Gasteiger partial charge in [-0.15, -0.1) is 0 Å². The molecule has 3 heteroatoms. The van der Waals surface area contributed by atoms with Gasteiger partial charge in [0.2, 0.25) is 0 Å². The zero-order valence-electron chi connectivity index (χ0n) is 8.02. The number of hydrogen-bond acceptors (Lipinski definition) is 2. The minimum atomic E-state index is -1.04. The van der Waals surface area contributed by atoms with E-state index in [0.717, 1.165) is 18.0 Å². The van der Waals surface area contributed by atoms with Crippen LogP contribution in [0.1, 0.15) is 6.42 Å². The summed E-state index contributed by atoms with van der Waals surface area (Å²) in [5.41, 5.74) is 0.887. The lowest BCUT2D eigenvalue weighted by atomic mass is 10.2. The standard InChI is InChI=1S/C9H16O2Si/c1-12(2,3)7-5-8-4-6-11-9(8)10/h5H,4,6-7H2,1-3H3/b8-5-. The van der Waals surface area contributed by atoms with E-state index in [1.165, 1.54) is 0 Å². The molecule has 1 rings (SSSR count). The molecule has 0 aliphatic carbocycles. The second-order valence-corrected chi connectivity index (χ2v) is 9.91. The first-order chi connectivity index (χ1) is 5.49. The van der Waals surface area contributed by atoms with Crippen molar-refractivity contribution in [1.82, 2.24) is 0 Å². The molecule has 68 valence electrons. The molecule has 0 aromatic heterocycles. The van der Waals surface area contributed by atoms with Crippen LogP contribution in [-0.4, -0.2) is 20.7 Å². The molecular formula is C9H16O2Si. The highest BCUT2D eigenvalue weighted by atomic mass is 28.3. The van der Waals surface area contributed by atoms with Crippen LogP contribution in [0.15, 0.2) is 11.6 Å². The zero-order chi connectivity index (χ0) is 9.19. The Bertz CT molecular complexity index is 213. The van der Waals surface area contributed by atoms with Crippen molar-refractivity contribution < 1.29 is 9.53 Å². The number of allylic oxidation sites excluding steroid dienone is 1. The predicted octanol–water partition coefficient (Wildman–Crippen LogP) is 2.20. The third-order valence-electron chi connectivity index (χ3n) is 1.83. The van der Waals surface area contributed by atoms with Crippen LogP contribution in [0.4, 0.5) is 0 Å². The lowest BCUT2D eigenvalue weighted by Gasteiger charge is -2.11. The predicted molar refractivity (Wildman–Crippen MR) is 51.8 cm³/mol. The fraction of sp³-hybridized carbons (Fsp3) is 0.667. The molecular weight excluding hydrogens is 168 g/mol. The van der Waals surface area contributed by atoms with E-state index in [1.807, 2.05) is 0 Å². The largest absolute Gasteiger partial charge is 0.462 e. The maximum atomic E-state index is 11.0. The summed E-state index contributed by atoms with van der Waals surface area (Å²) in [6.07, 6.45) is 2.88. The van der Waals surface area contributed by atoms with Crippen molar-refractivity contribution in [1.29, 1.82) is 0 Å². The minimum Gasteiger partial charge on any atom is -0.462 e. The van der Waals surface area contributed by atoms with Crippen LogP contribution < -0.4 is 0 Å². The van der Waals surface area contributed by atoms with Crippen LogP contribution in [0.2, 0.25) is 25.7 Å². The van der Waals surface area contributed by atoms with Gasteiger partial charge in [-0.1, -0.05) is 25.7 Å². The molecule has 0 unspecified atom stereocenters. The van der Waals surface area contributed by atoms with Crippen molar-refractivity contribution in [2.24, 2.45) is 0 Å². The van der Waals surface area contributed by atoms with Gasteiger partial charge in [-0.3, -0.25) is 0 Å². The van der Waals surface area contributed by atoms with Crippen LogP contribution >= 0.6 is 0 Å². The Hall–Kier alpha value is -0.573. The zero-order valence-corrected chi connectivity index (χ0v) is 9.02. The van der Waals surface area contributed by atoms with Crippen LogP contribution in [-0.2, 0) is 9.53 Å². The molecule has 0 atom stereocenters. The van der Waals surface area contributed by atoms with Crippen molar-refractivity contribution in [3.63, 3.8) is 0 Å². The number of esters is 1. The van der Waals surface area contributed by atoms with Crippen molar-refractivity contribution in [3.05, 3.63) is 11.6 Å². The SMILES string of the molecule is C[Si](C)(C)C/C=C1/CCOC1=O. The van der Waals surface area contributed by atoms with Crippen molar-refractivity contribution in [3.8, 4) is 0 Å². The lowest BCUT2D eigenvalue weighted by Crippen LogP contribution is -2.17. The van der Waals surface area contributed by atoms with E-state index in [9.17, 15) is 4.79 Å². The van der Waals surface area contributed by atoms with Crippen LogP contribution in [0.25, 0.3) is 0 Å². The van der Waals surface area contributed by atoms with E-state index >= 15 is 0 Å². The first-order valence-corrected chi connectivity index (χ1v) is 8.06. The third-order valence-corrected chi connectivity index (χ3v) is 3.26. The molecule has 0 N–H and O–H groups in total. The highest BCUT2D eigenvalue weighted by molar-refractivity contribution is 6.76. The Morgan fingerprint density at radius 1 is 1.50 bits per heavy atom. The normalized spacial score (nSPS) is 21.6. The van der Waals surface area contributed by atoms with E-state index in [4.69, 9.17) is 4.74 Å². The van der Waals surface area contributed by atoms with E-state index < -0.39 is 8.07 Å². The number of ether oxygens (including phenoxy) is 1. The molecule has 0 amide bonds. The summed E-state index contributed by atoms with van der Waals surface area (Å²) in [5.74, 6) is -0.103. The van der Waals surface area contributed by atoms with Gasteiger partial charge >= 0.3 is 5.97 Å². The monoisotopic (exact) mass is 184 g/mol. The van der Waals surface area contributed by atoms with Crippen molar-refractivity contribution in [2.45, 2.75) is 32.1 Å². The molecule has 0 radical (unpaired) electrons. The van der Waals surface area contributed by atoms with Gasteiger partial charge in [0.25, 0.3) is 0 Å². The highest BCUT2D eigenvalue weighted by Gasteiger charge is 2.19. The average molecular weight is 184 g/mol. The molecule has 1 aliphatic rings. The van der Waals surface area contributed by atoms with E-state index in [1.54, 1.807) is 0 Å². The van der Waals surface area contributed by atoms with Crippen LogP contribution in [0.5, 0.6) is 0 Å². The number of carbonyl (C=O) groups excluding carboxylic acids is 1. The summed E-state index contributed by atoms with van der Waals surface area (Å²) in [5, 5.41) is 0. The lowest BCUT2D eigenvalue weighted by molar-refractivity contribution is -0.135. The fourth-order valence-corrected chi connectivity index (χ4v) is 1.92. The van der Waals surface area contributed by atoms with Crippen LogP contribution in [0, 0.1) is 0 Å². The van der Waals surface area contributed by atoms with E-state index in [0.29, 0.717) is 6.61 Å². The number of cyclic esters (lactones) is 1. The van der Waals surface area contributed by atoms with Gasteiger partial charge in [-0.25, -0.2) is 4.79 Å². The van der Waals surface area contributed by atoms with Gasteiger partial charge in [0.1, 0.15) is 0 Å². The average Bonchev–Trinajstić information content (AvgIpc) is 2.29. The molecule has 0 spiro atoms. The Kier molecular flexibility index (Phi) is 2.72. The molecule has 1 aliphatic heterocycles. The first kappa shape index (κ1) is 9.51. The summed E-state index contributed by atoms with van der Waals surface area (Å²) in [4.78, 5) is 11.0. The summed E-state index contributed by atoms with van der Waals surface area (Å²) in [7, 11) is -1.04. The molecule has 2 nitrogen and oxygen atoms in total. The fourth-order valence-electron chi connectivity index (χ4n) is 1.06. The second kappa shape index (κ2) is 3.43. The van der Waals surface area contributed by atoms with Gasteiger partial charge in [0.15, 0.2) is 0 Å². The Morgan fingerprint density at radius 3 is 2.58 bits per heavy atom. The molecule has 1 fully saturated rings. The smallest absolute Gasteiger partial charge is 0.333 e. The molecule has 12 heavy (non-hydrogen) atoms. The summed E-state index contributed by atoms with van der Waals surface area (Å²) in [6.45, 7) is 7.47. The number of carbonyl (C=O) groups is 1. The molecule has 0 aromatic rings. The van der Waals surface area contributed by atoms with Gasteiger partial charge in [0.05, 0.1) is 6.61 Å². The maximum absolute atomic E-state index is 11.0. The number of hydrogen-bond donors (Lipinski definition) is 0. The van der Waals surface area contributed by atoms with Crippen molar-refractivity contribution >= 4 is 14.0 Å². The van der Waals surface area contributed by atoms with Gasteiger partial charge in [0, 0.05) is 20.1 Å². The van der Waals surface area contributed by atoms with Gasteiger partial charge < -0.3 is 4.74 Å². The molecule has 0 bridgehead atoms. The Labute approximate surface area is 74.6 Å². The third kappa shape index (κ3) is 2.81. The molecule has 0 saturated carbocycles. The van der Waals surface area contributed by atoms with Crippen LogP contribution in [0.3, 0.4) is 0 Å². The summed E-state index contributed by atoms with van der Waals surface area (Å²) >= 11 is 0. The maximum Gasteiger partial charge on any atom is 0.333 e. The number of rotatable bonds is 2. The first-order valence-electron chi connectivity index (χ1n) is 4.35. The Balaban J connectivity index is 2.52. The molecule has 1 saturated heterocycles. The summed E-state index contributed by atoms with van der Waals surface area (Å²) in [6, 6.07) is 1.08. The quantitative estimate of drug-likeness (QED) is 0.373.